The smallest absolute Gasteiger partial charge is 0.237 e. The third-order valence-corrected chi connectivity index (χ3v) is 2.81. The fourth-order valence-electron chi connectivity index (χ4n) is 2.05. The third kappa shape index (κ3) is 0.823. The quantitative estimate of drug-likeness (QED) is 0.538. The molecule has 3 nitrogen and oxygen atoms in total. The van der Waals surface area contributed by atoms with Gasteiger partial charge in [-0.1, -0.05) is 12.8 Å². The van der Waals surface area contributed by atoms with Crippen molar-refractivity contribution in [3.63, 3.8) is 0 Å². The van der Waals surface area contributed by atoms with Gasteiger partial charge in [-0.15, -0.1) is 0 Å². The molecule has 2 rings (SSSR count). The number of carbonyl (C=O) groups excluding carboxylic acids is 2. The molecule has 1 heterocycles. The Hall–Kier alpha value is -1.12. The van der Waals surface area contributed by atoms with Crippen molar-refractivity contribution in [3.8, 4) is 0 Å². The van der Waals surface area contributed by atoms with Crippen LogP contribution in [0.4, 0.5) is 0 Å². The molecule has 0 aromatic carbocycles. The summed E-state index contributed by atoms with van der Waals surface area (Å²) in [6.45, 7) is 0. The number of amides is 1. The molecule has 1 spiro atoms. The van der Waals surface area contributed by atoms with Crippen LogP contribution in [0.25, 0.3) is 0 Å². The number of allylic oxidation sites excluding steroid dienone is 1. The highest BCUT2D eigenvalue weighted by atomic mass is 16.2. The van der Waals surface area contributed by atoms with E-state index in [9.17, 15) is 9.59 Å². The van der Waals surface area contributed by atoms with E-state index in [0.717, 1.165) is 25.7 Å². The van der Waals surface area contributed by atoms with Crippen LogP contribution in [0.5, 0.6) is 0 Å². The molecule has 0 radical (unpaired) electrons. The Bertz CT molecular complexity index is 262. The minimum absolute atomic E-state index is 0.0104. The average Bonchev–Trinajstić information content (AvgIpc) is 2.50. The molecule has 12 heavy (non-hydrogen) atoms. The first-order chi connectivity index (χ1) is 5.76. The minimum atomic E-state index is -0.686. The van der Waals surface area contributed by atoms with Crippen molar-refractivity contribution in [1.29, 1.82) is 0 Å². The molecule has 0 bridgehead atoms. The molecule has 1 N–H and O–H groups in total. The van der Waals surface area contributed by atoms with Crippen LogP contribution in [0.2, 0.25) is 0 Å². The average molecular weight is 165 g/mol. The van der Waals surface area contributed by atoms with E-state index in [-0.39, 0.29) is 11.7 Å². The van der Waals surface area contributed by atoms with Gasteiger partial charge < -0.3 is 5.32 Å². The predicted molar refractivity (Wildman–Crippen MR) is 43.2 cm³/mol. The molecular formula is C9H11NO2. The van der Waals surface area contributed by atoms with Crippen LogP contribution in [0.15, 0.2) is 12.3 Å². The van der Waals surface area contributed by atoms with Crippen LogP contribution < -0.4 is 5.32 Å². The molecule has 0 saturated heterocycles. The Kier molecular flexibility index (Phi) is 1.53. The van der Waals surface area contributed by atoms with Gasteiger partial charge in [0.1, 0.15) is 5.41 Å². The zero-order valence-electron chi connectivity index (χ0n) is 6.80. The van der Waals surface area contributed by atoms with Crippen molar-refractivity contribution in [2.45, 2.75) is 25.7 Å². The van der Waals surface area contributed by atoms with Crippen LogP contribution in [-0.2, 0) is 9.59 Å². The fraction of sp³-hybridized carbons (Fsp3) is 0.556. The van der Waals surface area contributed by atoms with Crippen LogP contribution >= 0.6 is 0 Å². The summed E-state index contributed by atoms with van der Waals surface area (Å²) < 4.78 is 0. The van der Waals surface area contributed by atoms with Crippen molar-refractivity contribution < 1.29 is 9.59 Å². The molecule has 3 heteroatoms. The number of ketones is 1. The normalized spacial score (nSPS) is 26.3. The number of rotatable bonds is 0. The predicted octanol–water partition coefficient (Wildman–Crippen LogP) is 0.759. The van der Waals surface area contributed by atoms with Crippen molar-refractivity contribution in [3.05, 3.63) is 12.3 Å². The summed E-state index contributed by atoms with van der Waals surface area (Å²) in [4.78, 5) is 22.9. The summed E-state index contributed by atoms with van der Waals surface area (Å²) in [5, 5.41) is 2.60. The first kappa shape index (κ1) is 7.53. The van der Waals surface area contributed by atoms with Gasteiger partial charge in [0.05, 0.1) is 0 Å². The van der Waals surface area contributed by atoms with Crippen LogP contribution in [0, 0.1) is 5.41 Å². The Morgan fingerprint density at radius 3 is 2.50 bits per heavy atom. The van der Waals surface area contributed by atoms with E-state index in [0.29, 0.717) is 0 Å². The Morgan fingerprint density at radius 1 is 1.25 bits per heavy atom. The monoisotopic (exact) mass is 165 g/mol. The largest absolute Gasteiger partial charge is 0.332 e. The number of hydrogen-bond acceptors (Lipinski definition) is 2. The number of hydrogen-bond donors (Lipinski definition) is 1. The van der Waals surface area contributed by atoms with Gasteiger partial charge in [-0.05, 0) is 18.9 Å². The van der Waals surface area contributed by atoms with E-state index in [1.165, 1.54) is 12.3 Å². The fourth-order valence-corrected chi connectivity index (χ4v) is 2.05. The van der Waals surface area contributed by atoms with Crippen molar-refractivity contribution in [2.24, 2.45) is 5.41 Å². The molecule has 1 amide bonds. The van der Waals surface area contributed by atoms with Gasteiger partial charge in [-0.3, -0.25) is 9.59 Å². The molecule has 2 aliphatic rings. The molecular weight excluding hydrogens is 154 g/mol. The van der Waals surface area contributed by atoms with E-state index < -0.39 is 5.41 Å². The highest BCUT2D eigenvalue weighted by molar-refractivity contribution is 6.13. The Balaban J connectivity index is 2.37. The molecule has 1 aliphatic heterocycles. The van der Waals surface area contributed by atoms with Crippen LogP contribution in [0.3, 0.4) is 0 Å². The van der Waals surface area contributed by atoms with E-state index >= 15 is 0 Å². The zero-order chi connectivity index (χ0) is 8.60. The molecule has 0 aromatic rings. The van der Waals surface area contributed by atoms with Gasteiger partial charge in [-0.2, -0.15) is 0 Å². The summed E-state index contributed by atoms with van der Waals surface area (Å²) in [5.74, 6) is -0.115. The van der Waals surface area contributed by atoms with E-state index in [1.54, 1.807) is 0 Å². The lowest BCUT2D eigenvalue weighted by Crippen LogP contribution is -2.45. The topological polar surface area (TPSA) is 46.2 Å². The van der Waals surface area contributed by atoms with Crippen molar-refractivity contribution >= 4 is 11.7 Å². The minimum Gasteiger partial charge on any atom is -0.332 e. The van der Waals surface area contributed by atoms with Crippen molar-refractivity contribution in [2.75, 3.05) is 0 Å². The Morgan fingerprint density at radius 2 is 1.92 bits per heavy atom. The number of carbonyl (C=O) groups is 2. The highest BCUT2D eigenvalue weighted by Crippen LogP contribution is 2.40. The summed E-state index contributed by atoms with van der Waals surface area (Å²) in [6, 6.07) is 0. The van der Waals surface area contributed by atoms with E-state index in [1.807, 2.05) is 0 Å². The molecule has 0 aromatic heterocycles. The highest BCUT2D eigenvalue weighted by Gasteiger charge is 2.47. The van der Waals surface area contributed by atoms with Gasteiger partial charge in [0.2, 0.25) is 5.91 Å². The van der Waals surface area contributed by atoms with Gasteiger partial charge in [0.15, 0.2) is 5.78 Å². The molecule has 0 atom stereocenters. The maximum absolute atomic E-state index is 11.5. The van der Waals surface area contributed by atoms with Crippen LogP contribution in [-0.4, -0.2) is 11.7 Å². The third-order valence-electron chi connectivity index (χ3n) is 2.81. The van der Waals surface area contributed by atoms with Crippen LogP contribution in [0.1, 0.15) is 25.7 Å². The van der Waals surface area contributed by atoms with Gasteiger partial charge in [-0.25, -0.2) is 0 Å². The summed E-state index contributed by atoms with van der Waals surface area (Å²) >= 11 is 0. The van der Waals surface area contributed by atoms with Gasteiger partial charge in [0, 0.05) is 6.20 Å². The molecule has 0 unspecified atom stereocenters. The standard InChI is InChI=1S/C9H11NO2/c11-7-3-6-10-8(12)9(7)4-1-2-5-9/h3,6H,1-2,4-5H2,(H,10,12). The molecule has 1 fully saturated rings. The second-order valence-electron chi connectivity index (χ2n) is 3.46. The molecule has 1 saturated carbocycles. The Labute approximate surface area is 70.8 Å². The first-order valence-electron chi connectivity index (χ1n) is 4.28. The number of nitrogens with one attached hydrogen (secondary N) is 1. The van der Waals surface area contributed by atoms with Gasteiger partial charge in [0.25, 0.3) is 0 Å². The lowest BCUT2D eigenvalue weighted by molar-refractivity contribution is -0.139. The van der Waals surface area contributed by atoms with E-state index in [4.69, 9.17) is 0 Å². The lowest BCUT2D eigenvalue weighted by atomic mass is 9.79. The summed E-state index contributed by atoms with van der Waals surface area (Å²) in [7, 11) is 0. The SMILES string of the molecule is O=C1C=CNC(=O)C12CCCC2. The maximum Gasteiger partial charge on any atom is 0.237 e. The zero-order valence-corrected chi connectivity index (χ0v) is 6.80. The van der Waals surface area contributed by atoms with Gasteiger partial charge >= 0.3 is 0 Å². The summed E-state index contributed by atoms with van der Waals surface area (Å²) in [5.41, 5.74) is -0.686. The maximum atomic E-state index is 11.5. The second-order valence-corrected chi connectivity index (χ2v) is 3.46. The molecule has 1 aliphatic carbocycles. The summed E-state index contributed by atoms with van der Waals surface area (Å²) in [6.07, 6.45) is 6.35. The molecule has 64 valence electrons. The lowest BCUT2D eigenvalue weighted by Gasteiger charge is -2.26. The van der Waals surface area contributed by atoms with E-state index in [2.05, 4.69) is 5.32 Å². The van der Waals surface area contributed by atoms with Crippen molar-refractivity contribution in [1.82, 2.24) is 5.32 Å². The first-order valence-corrected chi connectivity index (χ1v) is 4.28. The second kappa shape index (κ2) is 2.44.